The number of fused-ring (bicyclic) bond motifs is 1. The van der Waals surface area contributed by atoms with Gasteiger partial charge in [-0.1, -0.05) is 12.8 Å². The molecule has 24 heavy (non-hydrogen) atoms. The fourth-order valence-corrected chi connectivity index (χ4v) is 5.66. The van der Waals surface area contributed by atoms with E-state index in [9.17, 15) is 4.79 Å². The molecule has 0 aromatic carbocycles. The molecule has 3 rings (SSSR count). The van der Waals surface area contributed by atoms with Crippen LogP contribution in [0, 0.1) is 5.92 Å². The number of nitrogens with zero attached hydrogens (tertiary/aromatic N) is 3. The van der Waals surface area contributed by atoms with Crippen molar-refractivity contribution in [2.75, 3.05) is 27.2 Å². The third-order valence-electron chi connectivity index (χ3n) is 6.90. The van der Waals surface area contributed by atoms with Gasteiger partial charge in [-0.3, -0.25) is 9.69 Å². The topological polar surface area (TPSA) is 26.8 Å². The lowest BCUT2D eigenvalue weighted by molar-refractivity contribution is -0.142. The molecule has 3 fully saturated rings. The van der Waals surface area contributed by atoms with Gasteiger partial charge in [0.1, 0.15) is 0 Å². The summed E-state index contributed by atoms with van der Waals surface area (Å²) in [5.41, 5.74) is 0. The Kier molecular flexibility index (Phi) is 5.86. The highest BCUT2D eigenvalue weighted by molar-refractivity contribution is 5.74. The molecule has 3 aliphatic rings. The lowest BCUT2D eigenvalue weighted by Gasteiger charge is -2.53. The van der Waals surface area contributed by atoms with Crippen molar-refractivity contribution < 1.29 is 4.79 Å². The fourth-order valence-electron chi connectivity index (χ4n) is 5.66. The predicted molar refractivity (Wildman–Crippen MR) is 99.0 cm³/mol. The van der Waals surface area contributed by atoms with Crippen molar-refractivity contribution >= 4 is 5.91 Å². The van der Waals surface area contributed by atoms with E-state index in [1.807, 2.05) is 0 Å². The fraction of sp³-hybridized carbons (Fsp3) is 0.950. The average Bonchev–Trinajstić information content (AvgIpc) is 2.55. The second kappa shape index (κ2) is 7.74. The molecule has 0 spiro atoms. The molecule has 0 bridgehead atoms. The van der Waals surface area contributed by atoms with Crippen LogP contribution in [0.25, 0.3) is 0 Å². The summed E-state index contributed by atoms with van der Waals surface area (Å²) in [4.78, 5) is 19.6. The first-order valence-electron chi connectivity index (χ1n) is 10.2. The van der Waals surface area contributed by atoms with E-state index in [-0.39, 0.29) is 5.91 Å². The minimum Gasteiger partial charge on any atom is -0.334 e. The number of carbonyl (C=O) groups is 1. The Morgan fingerprint density at radius 3 is 2.21 bits per heavy atom. The minimum atomic E-state index is 0.283. The third-order valence-corrected chi connectivity index (χ3v) is 6.90. The van der Waals surface area contributed by atoms with Crippen molar-refractivity contribution in [1.29, 1.82) is 0 Å². The van der Waals surface area contributed by atoms with Crippen LogP contribution in [0.1, 0.15) is 65.2 Å². The molecule has 0 radical (unpaired) electrons. The van der Waals surface area contributed by atoms with E-state index in [4.69, 9.17) is 0 Å². The van der Waals surface area contributed by atoms with Crippen LogP contribution in [0.15, 0.2) is 0 Å². The molecular formula is C20H37N3O. The molecule has 4 heteroatoms. The molecule has 1 amide bonds. The van der Waals surface area contributed by atoms with Crippen LogP contribution in [0.5, 0.6) is 0 Å². The third kappa shape index (κ3) is 3.80. The van der Waals surface area contributed by atoms with Crippen molar-refractivity contribution in [1.82, 2.24) is 14.7 Å². The van der Waals surface area contributed by atoms with Gasteiger partial charge in [-0.05, 0) is 65.5 Å². The highest BCUT2D eigenvalue weighted by Crippen LogP contribution is 2.35. The largest absolute Gasteiger partial charge is 0.334 e. The van der Waals surface area contributed by atoms with E-state index >= 15 is 0 Å². The lowest BCUT2D eigenvalue weighted by atomic mass is 9.81. The quantitative estimate of drug-likeness (QED) is 0.793. The van der Waals surface area contributed by atoms with Gasteiger partial charge < -0.3 is 9.80 Å². The number of rotatable bonds is 3. The van der Waals surface area contributed by atoms with Gasteiger partial charge in [0.2, 0.25) is 5.91 Å². The normalized spacial score (nSPS) is 38.2. The molecule has 4 nitrogen and oxygen atoms in total. The summed E-state index contributed by atoms with van der Waals surface area (Å²) in [6, 6.07) is 2.25. The van der Waals surface area contributed by atoms with Crippen LogP contribution in [0.3, 0.4) is 0 Å². The van der Waals surface area contributed by atoms with Crippen molar-refractivity contribution in [3.8, 4) is 0 Å². The number of piperazine rings is 1. The molecule has 1 aliphatic heterocycles. The maximum Gasteiger partial charge on any atom is 0.220 e. The van der Waals surface area contributed by atoms with Crippen LogP contribution in [0.4, 0.5) is 0 Å². The highest BCUT2D eigenvalue weighted by atomic mass is 16.2. The van der Waals surface area contributed by atoms with Crippen LogP contribution in [0.2, 0.25) is 0 Å². The molecule has 2 unspecified atom stereocenters. The van der Waals surface area contributed by atoms with E-state index < -0.39 is 0 Å². The first-order chi connectivity index (χ1) is 11.5. The van der Waals surface area contributed by atoms with E-state index in [0.29, 0.717) is 18.1 Å². The zero-order chi connectivity index (χ0) is 17.3. The zero-order valence-corrected chi connectivity index (χ0v) is 16.2. The summed E-state index contributed by atoms with van der Waals surface area (Å²) >= 11 is 0. The lowest BCUT2D eigenvalue weighted by Crippen LogP contribution is -2.65. The number of amides is 1. The van der Waals surface area contributed by atoms with E-state index in [0.717, 1.165) is 18.5 Å². The summed E-state index contributed by atoms with van der Waals surface area (Å²) in [6.07, 6.45) is 10.6. The first-order valence-corrected chi connectivity index (χ1v) is 10.2. The van der Waals surface area contributed by atoms with Gasteiger partial charge in [0.15, 0.2) is 0 Å². The molecular weight excluding hydrogens is 298 g/mol. The van der Waals surface area contributed by atoms with Gasteiger partial charge in [0.25, 0.3) is 0 Å². The van der Waals surface area contributed by atoms with Crippen molar-refractivity contribution in [2.45, 2.75) is 89.4 Å². The molecule has 1 heterocycles. The average molecular weight is 336 g/mol. The number of hydrogen-bond acceptors (Lipinski definition) is 3. The second-order valence-electron chi connectivity index (χ2n) is 8.79. The van der Waals surface area contributed by atoms with Gasteiger partial charge in [-0.15, -0.1) is 0 Å². The van der Waals surface area contributed by atoms with Crippen LogP contribution in [-0.2, 0) is 4.79 Å². The van der Waals surface area contributed by atoms with Crippen molar-refractivity contribution in [3.05, 3.63) is 0 Å². The summed E-state index contributed by atoms with van der Waals surface area (Å²) in [5, 5.41) is 0. The standard InChI is InChI=1S/C20H37N3O/c1-15-13-22(14-17-9-11-18(12-10-17)21(3)4)19-7-5-6-8-20(19)23(15)16(2)24/h15,17-20H,5-14H2,1-4H3/t15-,17?,18?,19?,20?/m0/s1. The molecule has 0 aromatic heterocycles. The van der Waals surface area contributed by atoms with E-state index in [2.05, 4.69) is 35.7 Å². The Morgan fingerprint density at radius 1 is 1.00 bits per heavy atom. The Labute approximate surface area is 148 Å². The van der Waals surface area contributed by atoms with Gasteiger partial charge in [0, 0.05) is 44.2 Å². The van der Waals surface area contributed by atoms with Crippen molar-refractivity contribution in [2.24, 2.45) is 5.92 Å². The molecule has 3 atom stereocenters. The van der Waals surface area contributed by atoms with Gasteiger partial charge in [-0.2, -0.15) is 0 Å². The molecule has 0 aromatic rings. The smallest absolute Gasteiger partial charge is 0.220 e. The molecule has 0 N–H and O–H groups in total. The van der Waals surface area contributed by atoms with Gasteiger partial charge in [-0.25, -0.2) is 0 Å². The maximum absolute atomic E-state index is 12.2. The first kappa shape index (κ1) is 18.2. The van der Waals surface area contributed by atoms with Crippen LogP contribution in [-0.4, -0.2) is 72.0 Å². The Hall–Kier alpha value is -0.610. The van der Waals surface area contributed by atoms with Gasteiger partial charge >= 0.3 is 0 Å². The Bertz CT molecular complexity index is 431. The summed E-state index contributed by atoms with van der Waals surface area (Å²) in [5.74, 6) is 1.14. The molecule has 2 saturated carbocycles. The van der Waals surface area contributed by atoms with Crippen LogP contribution >= 0.6 is 0 Å². The zero-order valence-electron chi connectivity index (χ0n) is 16.2. The summed E-state index contributed by atoms with van der Waals surface area (Å²) < 4.78 is 0. The predicted octanol–water partition coefficient (Wildman–Crippen LogP) is 2.97. The second-order valence-corrected chi connectivity index (χ2v) is 8.79. The maximum atomic E-state index is 12.2. The van der Waals surface area contributed by atoms with E-state index in [1.54, 1.807) is 6.92 Å². The number of carbonyl (C=O) groups excluding carboxylic acids is 1. The van der Waals surface area contributed by atoms with Crippen molar-refractivity contribution in [3.63, 3.8) is 0 Å². The minimum absolute atomic E-state index is 0.283. The summed E-state index contributed by atoms with van der Waals surface area (Å²) in [7, 11) is 4.44. The Balaban J connectivity index is 1.62. The van der Waals surface area contributed by atoms with E-state index in [1.165, 1.54) is 57.9 Å². The molecule has 1 saturated heterocycles. The molecule has 138 valence electrons. The Morgan fingerprint density at radius 2 is 1.62 bits per heavy atom. The summed E-state index contributed by atoms with van der Waals surface area (Å²) in [6.45, 7) is 6.36. The number of hydrogen-bond donors (Lipinski definition) is 0. The highest BCUT2D eigenvalue weighted by Gasteiger charge is 2.42. The monoisotopic (exact) mass is 335 g/mol. The SMILES string of the molecule is CC(=O)N1C2CCCCC2N(CC2CCC(N(C)C)CC2)C[C@@H]1C. The van der Waals surface area contributed by atoms with Gasteiger partial charge in [0.05, 0.1) is 0 Å². The molecule has 2 aliphatic carbocycles. The van der Waals surface area contributed by atoms with Crippen LogP contribution < -0.4 is 0 Å².